The molecule has 1 atom stereocenters. The maximum Gasteiger partial charge on any atom is 0.418 e. The zero-order valence-corrected chi connectivity index (χ0v) is 9.29. The van der Waals surface area contributed by atoms with Gasteiger partial charge >= 0.3 is 12.4 Å². The number of hydrogen-bond donors (Lipinski definition) is 2. The molecule has 0 heterocycles. The molecule has 0 saturated carbocycles. The van der Waals surface area contributed by atoms with Gasteiger partial charge in [0.2, 0.25) is 0 Å². The van der Waals surface area contributed by atoms with Crippen LogP contribution in [0.15, 0.2) is 12.1 Å². The fourth-order valence-electron chi connectivity index (χ4n) is 1.24. The van der Waals surface area contributed by atoms with Crippen molar-refractivity contribution < 1.29 is 26.3 Å². The molecule has 0 aliphatic heterocycles. The molecule has 18 heavy (non-hydrogen) atoms. The number of nitrogens with two attached hydrogens (primary N) is 2. The minimum Gasteiger partial charge on any atom is -0.397 e. The van der Waals surface area contributed by atoms with Crippen molar-refractivity contribution in [2.75, 3.05) is 5.73 Å². The summed E-state index contributed by atoms with van der Waals surface area (Å²) in [5.74, 6) is 0. The lowest BCUT2D eigenvalue weighted by Crippen LogP contribution is -2.29. The average Bonchev–Trinajstić information content (AvgIpc) is 2.17. The van der Waals surface area contributed by atoms with Crippen LogP contribution in [0, 0.1) is 0 Å². The van der Waals surface area contributed by atoms with E-state index in [-0.39, 0.29) is 6.07 Å². The first-order valence-corrected chi connectivity index (χ1v) is 4.80. The zero-order valence-electron chi connectivity index (χ0n) is 8.53. The summed E-state index contributed by atoms with van der Waals surface area (Å²) in [6, 6.07) is -1.64. The Morgan fingerprint density at radius 2 is 1.56 bits per heavy atom. The van der Waals surface area contributed by atoms with Crippen LogP contribution in [-0.2, 0) is 6.18 Å². The normalized spacial score (nSPS) is 14.7. The van der Waals surface area contributed by atoms with Crippen molar-refractivity contribution in [1.29, 1.82) is 0 Å². The molecule has 9 heteroatoms. The molecule has 0 bridgehead atoms. The van der Waals surface area contributed by atoms with Crippen molar-refractivity contribution in [3.05, 3.63) is 28.3 Å². The molecule has 0 aliphatic rings. The van der Waals surface area contributed by atoms with E-state index in [0.29, 0.717) is 6.07 Å². The van der Waals surface area contributed by atoms with Gasteiger partial charge in [-0.1, -0.05) is 11.6 Å². The quantitative estimate of drug-likeness (QED) is 0.615. The lowest BCUT2D eigenvalue weighted by Gasteiger charge is -2.19. The van der Waals surface area contributed by atoms with Crippen LogP contribution < -0.4 is 11.5 Å². The van der Waals surface area contributed by atoms with E-state index in [1.807, 2.05) is 0 Å². The molecule has 0 aliphatic carbocycles. The van der Waals surface area contributed by atoms with E-state index < -0.39 is 40.2 Å². The van der Waals surface area contributed by atoms with Gasteiger partial charge < -0.3 is 11.5 Å². The molecule has 1 aromatic rings. The Bertz CT molecular complexity index is 454. The van der Waals surface area contributed by atoms with E-state index in [4.69, 9.17) is 23.1 Å². The van der Waals surface area contributed by atoms with Gasteiger partial charge in [0.1, 0.15) is 6.04 Å². The molecule has 0 aromatic heterocycles. The van der Waals surface area contributed by atoms with E-state index in [0.717, 1.165) is 0 Å². The summed E-state index contributed by atoms with van der Waals surface area (Å²) in [5, 5.41) is -0.625. The summed E-state index contributed by atoms with van der Waals surface area (Å²) in [7, 11) is 0. The first-order valence-electron chi connectivity index (χ1n) is 4.43. The van der Waals surface area contributed by atoms with E-state index in [1.165, 1.54) is 0 Å². The SMILES string of the molecule is Nc1c(Cl)cc([C@@H](N)C(F)(F)F)cc1C(F)(F)F. The third-order valence-corrected chi connectivity index (χ3v) is 2.48. The first kappa shape index (κ1) is 14.9. The second-order valence-corrected chi connectivity index (χ2v) is 3.89. The second-order valence-electron chi connectivity index (χ2n) is 3.48. The molecule has 2 nitrogen and oxygen atoms in total. The smallest absolute Gasteiger partial charge is 0.397 e. The molecule has 0 radical (unpaired) electrons. The van der Waals surface area contributed by atoms with Crippen LogP contribution in [-0.4, -0.2) is 6.18 Å². The van der Waals surface area contributed by atoms with Crippen molar-refractivity contribution >= 4 is 17.3 Å². The Hall–Kier alpha value is -1.15. The van der Waals surface area contributed by atoms with Gasteiger partial charge in [0.25, 0.3) is 0 Å². The second kappa shape index (κ2) is 4.51. The Balaban J connectivity index is 3.38. The molecule has 102 valence electrons. The number of anilines is 1. The average molecular weight is 293 g/mol. The molecule has 0 saturated heterocycles. The van der Waals surface area contributed by atoms with Gasteiger partial charge in [-0.05, 0) is 17.7 Å². The number of alkyl halides is 6. The Kier molecular flexibility index (Phi) is 3.73. The maximum absolute atomic E-state index is 12.5. The molecule has 1 rings (SSSR count). The maximum atomic E-state index is 12.5. The molecule has 0 unspecified atom stereocenters. The summed E-state index contributed by atoms with van der Waals surface area (Å²) in [5.41, 5.74) is 6.82. The number of nitrogen functional groups attached to an aromatic ring is 1. The number of hydrogen-bond acceptors (Lipinski definition) is 2. The van der Waals surface area contributed by atoms with Crippen LogP contribution in [0.1, 0.15) is 17.2 Å². The molecule has 4 N–H and O–H groups in total. The van der Waals surface area contributed by atoms with Gasteiger partial charge in [-0.15, -0.1) is 0 Å². The lowest BCUT2D eigenvalue weighted by atomic mass is 10.0. The topological polar surface area (TPSA) is 52.0 Å². The Labute approximate surface area is 103 Å². The summed E-state index contributed by atoms with van der Waals surface area (Å²) in [6.45, 7) is 0. The van der Waals surface area contributed by atoms with Crippen LogP contribution in [0.5, 0.6) is 0 Å². The van der Waals surface area contributed by atoms with Crippen LogP contribution >= 0.6 is 11.6 Å². The first-order chi connectivity index (χ1) is 7.94. The predicted molar refractivity (Wildman–Crippen MR) is 53.8 cm³/mol. The highest BCUT2D eigenvalue weighted by Crippen LogP contribution is 2.40. The van der Waals surface area contributed by atoms with Gasteiger partial charge in [0.15, 0.2) is 0 Å². The van der Waals surface area contributed by atoms with Crippen LogP contribution in [0.2, 0.25) is 5.02 Å². The molecule has 0 fully saturated rings. The Morgan fingerprint density at radius 3 is 1.94 bits per heavy atom. The van der Waals surface area contributed by atoms with E-state index >= 15 is 0 Å². The number of benzene rings is 1. The van der Waals surface area contributed by atoms with Crippen molar-refractivity contribution in [3.63, 3.8) is 0 Å². The molecule has 0 amide bonds. The molecule has 1 aromatic carbocycles. The lowest BCUT2D eigenvalue weighted by molar-refractivity contribution is -0.150. The fraction of sp³-hybridized carbons (Fsp3) is 0.333. The highest BCUT2D eigenvalue weighted by molar-refractivity contribution is 6.33. The molecular weight excluding hydrogens is 286 g/mol. The van der Waals surface area contributed by atoms with Gasteiger partial charge in [0, 0.05) is 0 Å². The molecular formula is C9H7ClF6N2. The minimum absolute atomic E-state index is 0.249. The van der Waals surface area contributed by atoms with E-state index in [9.17, 15) is 26.3 Å². The van der Waals surface area contributed by atoms with Crippen molar-refractivity contribution in [3.8, 4) is 0 Å². The van der Waals surface area contributed by atoms with Gasteiger partial charge in [0.05, 0.1) is 16.3 Å². The summed E-state index contributed by atoms with van der Waals surface area (Å²) >= 11 is 5.37. The van der Waals surface area contributed by atoms with Crippen molar-refractivity contribution in [2.24, 2.45) is 5.73 Å². The fourth-order valence-corrected chi connectivity index (χ4v) is 1.47. The van der Waals surface area contributed by atoms with Crippen LogP contribution in [0.4, 0.5) is 32.0 Å². The van der Waals surface area contributed by atoms with E-state index in [1.54, 1.807) is 0 Å². The van der Waals surface area contributed by atoms with Crippen LogP contribution in [0.25, 0.3) is 0 Å². The monoisotopic (exact) mass is 292 g/mol. The van der Waals surface area contributed by atoms with Gasteiger partial charge in [-0.25, -0.2) is 0 Å². The van der Waals surface area contributed by atoms with Crippen molar-refractivity contribution in [2.45, 2.75) is 18.4 Å². The minimum atomic E-state index is -4.91. The number of rotatable bonds is 1. The summed E-state index contributed by atoms with van der Waals surface area (Å²) < 4.78 is 74.5. The van der Waals surface area contributed by atoms with Crippen molar-refractivity contribution in [1.82, 2.24) is 0 Å². The standard InChI is InChI=1S/C9H7ClF6N2/c10-5-2-3(7(18)9(14,15)16)1-4(6(5)17)8(11,12)13/h1-2,7H,17-18H2/t7-/m1/s1. The zero-order chi connectivity index (χ0) is 14.3. The largest absolute Gasteiger partial charge is 0.418 e. The predicted octanol–water partition coefficient (Wildman–Crippen LogP) is 3.50. The summed E-state index contributed by atoms with van der Waals surface area (Å²) in [4.78, 5) is 0. The third kappa shape index (κ3) is 2.99. The van der Waals surface area contributed by atoms with E-state index in [2.05, 4.69) is 0 Å². The van der Waals surface area contributed by atoms with Crippen LogP contribution in [0.3, 0.4) is 0 Å². The van der Waals surface area contributed by atoms with Gasteiger partial charge in [-0.3, -0.25) is 0 Å². The molecule has 0 spiro atoms. The Morgan fingerprint density at radius 1 is 1.06 bits per heavy atom. The highest BCUT2D eigenvalue weighted by atomic mass is 35.5. The van der Waals surface area contributed by atoms with Gasteiger partial charge in [-0.2, -0.15) is 26.3 Å². The third-order valence-electron chi connectivity index (χ3n) is 2.17. The highest BCUT2D eigenvalue weighted by Gasteiger charge is 2.40. The number of halogens is 7. The summed E-state index contributed by atoms with van der Waals surface area (Å²) in [6.07, 6.45) is -9.78.